The van der Waals surface area contributed by atoms with E-state index in [1.807, 2.05) is 24.3 Å². The first-order valence-electron chi connectivity index (χ1n) is 5.35. The summed E-state index contributed by atoms with van der Waals surface area (Å²) in [5.41, 5.74) is 0. The van der Waals surface area contributed by atoms with Gasteiger partial charge in [0, 0.05) is 11.0 Å². The van der Waals surface area contributed by atoms with E-state index in [0.717, 1.165) is 16.8 Å². The summed E-state index contributed by atoms with van der Waals surface area (Å²) in [5.74, 6) is 0.971. The van der Waals surface area contributed by atoms with Crippen molar-refractivity contribution in [3.63, 3.8) is 0 Å². The zero-order valence-electron chi connectivity index (χ0n) is 8.95. The van der Waals surface area contributed by atoms with E-state index in [4.69, 9.17) is 4.74 Å². The van der Waals surface area contributed by atoms with Crippen molar-refractivity contribution < 1.29 is 4.74 Å². The van der Waals surface area contributed by atoms with Crippen molar-refractivity contribution in [3.05, 3.63) is 28.7 Å². The van der Waals surface area contributed by atoms with Crippen LogP contribution >= 0.6 is 15.9 Å². The predicted octanol–water partition coefficient (Wildman–Crippen LogP) is 2.92. The van der Waals surface area contributed by atoms with E-state index in [2.05, 4.69) is 27.9 Å². The molecule has 1 aliphatic rings. The Kier molecular flexibility index (Phi) is 3.65. The van der Waals surface area contributed by atoms with E-state index in [1.165, 1.54) is 19.4 Å². The molecule has 1 aromatic rings. The fourth-order valence-electron chi connectivity index (χ4n) is 1.92. The minimum absolute atomic E-state index is 0.352. The van der Waals surface area contributed by atoms with Crippen LogP contribution in [0.3, 0.4) is 0 Å². The van der Waals surface area contributed by atoms with E-state index < -0.39 is 0 Å². The molecule has 1 heterocycles. The number of hydrogen-bond donors (Lipinski definition) is 0. The first-order valence-corrected chi connectivity index (χ1v) is 6.14. The highest BCUT2D eigenvalue weighted by atomic mass is 79.9. The van der Waals surface area contributed by atoms with Gasteiger partial charge in [-0.05, 0) is 50.7 Å². The average molecular weight is 270 g/mol. The Labute approximate surface area is 99.4 Å². The minimum atomic E-state index is 0.352. The van der Waals surface area contributed by atoms with Crippen molar-refractivity contribution in [2.24, 2.45) is 0 Å². The summed E-state index contributed by atoms with van der Waals surface area (Å²) in [6, 6.07) is 8.06. The molecule has 1 saturated heterocycles. The molecule has 1 aliphatic heterocycles. The Morgan fingerprint density at radius 2 is 2.07 bits per heavy atom. The molecule has 82 valence electrons. The van der Waals surface area contributed by atoms with Gasteiger partial charge in [0.25, 0.3) is 0 Å². The topological polar surface area (TPSA) is 12.5 Å². The molecule has 0 radical (unpaired) electrons. The smallest absolute Gasteiger partial charge is 0.119 e. The molecule has 2 rings (SSSR count). The quantitative estimate of drug-likeness (QED) is 0.819. The van der Waals surface area contributed by atoms with Gasteiger partial charge in [0.15, 0.2) is 0 Å². The van der Waals surface area contributed by atoms with Crippen molar-refractivity contribution in [3.8, 4) is 5.75 Å². The van der Waals surface area contributed by atoms with Gasteiger partial charge in [-0.1, -0.05) is 15.9 Å². The van der Waals surface area contributed by atoms with Crippen molar-refractivity contribution >= 4 is 15.9 Å². The summed E-state index contributed by atoms with van der Waals surface area (Å²) < 4.78 is 7.01. The summed E-state index contributed by atoms with van der Waals surface area (Å²) in [7, 11) is 2.15. The summed E-state index contributed by atoms with van der Waals surface area (Å²) >= 11 is 3.42. The molecule has 0 saturated carbocycles. The van der Waals surface area contributed by atoms with Crippen LogP contribution in [0.25, 0.3) is 0 Å². The molecule has 1 aromatic carbocycles. The van der Waals surface area contributed by atoms with Gasteiger partial charge in [-0.3, -0.25) is 0 Å². The van der Waals surface area contributed by atoms with Gasteiger partial charge in [-0.25, -0.2) is 0 Å². The monoisotopic (exact) mass is 269 g/mol. The Morgan fingerprint density at radius 3 is 2.73 bits per heavy atom. The lowest BCUT2D eigenvalue weighted by molar-refractivity contribution is 0.104. The standard InChI is InChI=1S/C12H16BrNO/c1-14-8-2-3-12(9-14)15-11-6-4-10(13)5-7-11/h4-7,12H,2-3,8-9H2,1H3. The van der Waals surface area contributed by atoms with Crippen molar-refractivity contribution in [1.29, 1.82) is 0 Å². The van der Waals surface area contributed by atoms with E-state index in [1.54, 1.807) is 0 Å². The highest BCUT2D eigenvalue weighted by molar-refractivity contribution is 9.10. The van der Waals surface area contributed by atoms with Gasteiger partial charge in [-0.2, -0.15) is 0 Å². The number of likely N-dealkylation sites (N-methyl/N-ethyl adjacent to an activating group) is 1. The van der Waals surface area contributed by atoms with Crippen LogP contribution in [-0.2, 0) is 0 Å². The van der Waals surface area contributed by atoms with E-state index in [9.17, 15) is 0 Å². The third-order valence-corrected chi connectivity index (χ3v) is 3.23. The lowest BCUT2D eigenvalue weighted by atomic mass is 10.1. The summed E-state index contributed by atoms with van der Waals surface area (Å²) in [5, 5.41) is 0. The molecule has 0 N–H and O–H groups in total. The lowest BCUT2D eigenvalue weighted by Gasteiger charge is -2.29. The first-order chi connectivity index (χ1) is 7.24. The number of hydrogen-bond acceptors (Lipinski definition) is 2. The highest BCUT2D eigenvalue weighted by Crippen LogP contribution is 2.20. The normalized spacial score (nSPS) is 22.7. The van der Waals surface area contributed by atoms with Gasteiger partial charge in [0.05, 0.1) is 0 Å². The number of nitrogens with zero attached hydrogens (tertiary/aromatic N) is 1. The zero-order chi connectivity index (χ0) is 10.7. The van der Waals surface area contributed by atoms with Crippen LogP contribution in [0.5, 0.6) is 5.75 Å². The van der Waals surface area contributed by atoms with E-state index in [-0.39, 0.29) is 0 Å². The van der Waals surface area contributed by atoms with Crippen LogP contribution in [-0.4, -0.2) is 31.1 Å². The van der Waals surface area contributed by atoms with E-state index in [0.29, 0.717) is 6.10 Å². The Bertz CT molecular complexity index is 312. The van der Waals surface area contributed by atoms with Crippen molar-refractivity contribution in [2.45, 2.75) is 18.9 Å². The van der Waals surface area contributed by atoms with Crippen molar-refractivity contribution in [1.82, 2.24) is 4.90 Å². The number of likely N-dealkylation sites (tertiary alicyclic amines) is 1. The maximum Gasteiger partial charge on any atom is 0.119 e. The van der Waals surface area contributed by atoms with Gasteiger partial charge in [0.2, 0.25) is 0 Å². The van der Waals surface area contributed by atoms with Crippen molar-refractivity contribution in [2.75, 3.05) is 20.1 Å². The lowest BCUT2D eigenvalue weighted by Crippen LogP contribution is -2.38. The Morgan fingerprint density at radius 1 is 1.33 bits per heavy atom. The van der Waals surface area contributed by atoms with Gasteiger partial charge >= 0.3 is 0 Å². The number of rotatable bonds is 2. The molecular formula is C12H16BrNO. The van der Waals surface area contributed by atoms with Crippen LogP contribution in [0, 0.1) is 0 Å². The second-order valence-electron chi connectivity index (χ2n) is 4.10. The van der Waals surface area contributed by atoms with Gasteiger partial charge in [0.1, 0.15) is 11.9 Å². The first kappa shape index (κ1) is 11.0. The number of ether oxygens (including phenoxy) is 1. The molecule has 0 aromatic heterocycles. The maximum atomic E-state index is 5.92. The molecule has 0 spiro atoms. The maximum absolute atomic E-state index is 5.92. The third-order valence-electron chi connectivity index (χ3n) is 2.70. The Hall–Kier alpha value is -0.540. The fraction of sp³-hybridized carbons (Fsp3) is 0.500. The largest absolute Gasteiger partial charge is 0.489 e. The summed E-state index contributed by atoms with van der Waals surface area (Å²) in [6.45, 7) is 2.23. The number of halogens is 1. The summed E-state index contributed by atoms with van der Waals surface area (Å²) in [6.07, 6.45) is 2.75. The SMILES string of the molecule is CN1CCCC(Oc2ccc(Br)cc2)C1. The molecule has 15 heavy (non-hydrogen) atoms. The molecular weight excluding hydrogens is 254 g/mol. The van der Waals surface area contributed by atoms with Crippen LogP contribution in [0.15, 0.2) is 28.7 Å². The minimum Gasteiger partial charge on any atom is -0.489 e. The van der Waals surface area contributed by atoms with Crippen LogP contribution in [0.4, 0.5) is 0 Å². The number of piperidine rings is 1. The third kappa shape index (κ3) is 3.21. The van der Waals surface area contributed by atoms with Gasteiger partial charge in [-0.15, -0.1) is 0 Å². The average Bonchev–Trinajstić information content (AvgIpc) is 2.22. The van der Waals surface area contributed by atoms with Gasteiger partial charge < -0.3 is 9.64 Å². The molecule has 0 amide bonds. The molecule has 3 heteroatoms. The molecule has 0 aliphatic carbocycles. The highest BCUT2D eigenvalue weighted by Gasteiger charge is 2.18. The number of benzene rings is 1. The second-order valence-corrected chi connectivity index (χ2v) is 5.01. The predicted molar refractivity (Wildman–Crippen MR) is 65.3 cm³/mol. The molecule has 1 fully saturated rings. The Balaban J connectivity index is 1.93. The molecule has 1 unspecified atom stereocenters. The summed E-state index contributed by atoms with van der Waals surface area (Å²) in [4.78, 5) is 2.33. The fourth-order valence-corrected chi connectivity index (χ4v) is 2.19. The molecule has 0 bridgehead atoms. The molecule has 1 atom stereocenters. The zero-order valence-corrected chi connectivity index (χ0v) is 10.5. The molecule has 2 nitrogen and oxygen atoms in total. The van der Waals surface area contributed by atoms with Crippen LogP contribution < -0.4 is 4.74 Å². The second kappa shape index (κ2) is 4.99. The van der Waals surface area contributed by atoms with Crippen LogP contribution in [0.1, 0.15) is 12.8 Å². The van der Waals surface area contributed by atoms with Crippen LogP contribution in [0.2, 0.25) is 0 Å². The van der Waals surface area contributed by atoms with E-state index >= 15 is 0 Å².